The Morgan fingerprint density at radius 1 is 1.32 bits per heavy atom. The van der Waals surface area contributed by atoms with Gasteiger partial charge < -0.3 is 19.9 Å². The number of anilines is 1. The number of rotatable bonds is 5. The van der Waals surface area contributed by atoms with E-state index < -0.39 is 5.97 Å². The Bertz CT molecular complexity index is 1060. The summed E-state index contributed by atoms with van der Waals surface area (Å²) in [5.41, 5.74) is 2.55. The molecule has 0 bridgehead atoms. The Hall–Kier alpha value is -2.86. The van der Waals surface area contributed by atoms with Crippen molar-refractivity contribution >= 4 is 22.7 Å². The number of para-hydroxylation sites is 1. The van der Waals surface area contributed by atoms with Gasteiger partial charge in [0.15, 0.2) is 0 Å². The van der Waals surface area contributed by atoms with E-state index in [1.54, 1.807) is 6.08 Å². The lowest BCUT2D eigenvalue weighted by molar-refractivity contribution is -0.132. The summed E-state index contributed by atoms with van der Waals surface area (Å²) >= 11 is 0. The number of aliphatic carboxylic acids is 1. The summed E-state index contributed by atoms with van der Waals surface area (Å²) in [4.78, 5) is 18.7. The van der Waals surface area contributed by atoms with Crippen molar-refractivity contribution in [2.24, 2.45) is 12.0 Å². The molecule has 0 fully saturated rings. The first-order valence-corrected chi connectivity index (χ1v) is 9.64. The van der Waals surface area contributed by atoms with E-state index in [-0.39, 0.29) is 12.0 Å². The fourth-order valence-electron chi connectivity index (χ4n) is 4.14. The smallest absolute Gasteiger partial charge is 0.335 e. The minimum Gasteiger partial charge on any atom is -0.478 e. The molecule has 6 heteroatoms. The predicted molar refractivity (Wildman–Crippen MR) is 112 cm³/mol. The Morgan fingerprint density at radius 3 is 2.86 bits per heavy atom. The first-order valence-electron chi connectivity index (χ1n) is 9.64. The first kappa shape index (κ1) is 18.5. The third-order valence-electron chi connectivity index (χ3n) is 5.51. The van der Waals surface area contributed by atoms with Gasteiger partial charge in [-0.1, -0.05) is 30.4 Å². The maximum atomic E-state index is 11.5. The number of carboxylic acids is 1. The molecule has 0 spiro atoms. The Morgan fingerprint density at radius 2 is 2.11 bits per heavy atom. The lowest BCUT2D eigenvalue weighted by atomic mass is 9.88. The molecular formula is C22H26N4O2. The SMILES string of the molecule is CN(C)CCCN=c1c2c(n(C)c3ccccc13)NC1C=CC(C(=O)O)=CC21. The van der Waals surface area contributed by atoms with Crippen LogP contribution in [0.2, 0.25) is 0 Å². The maximum absolute atomic E-state index is 11.5. The molecule has 28 heavy (non-hydrogen) atoms. The standard InChI is InChI=1S/C22H26N4O2/c1-25(2)12-6-11-23-20-15-7-4-5-8-18(15)26(3)21-19(20)16-13-14(22(27)28)9-10-17(16)24-21/h4-5,7-10,13,16-17,24H,6,11-12H2,1-3H3,(H,27,28). The topological polar surface area (TPSA) is 69.9 Å². The van der Waals surface area contributed by atoms with E-state index in [0.29, 0.717) is 5.57 Å². The fraction of sp³-hybridized carbons (Fsp3) is 0.364. The van der Waals surface area contributed by atoms with Crippen molar-refractivity contribution in [3.8, 4) is 0 Å². The first-order chi connectivity index (χ1) is 13.5. The van der Waals surface area contributed by atoms with Crippen LogP contribution in [0.5, 0.6) is 0 Å². The molecule has 1 aliphatic carbocycles. The van der Waals surface area contributed by atoms with Crippen LogP contribution in [0, 0.1) is 0 Å². The number of aryl methyl sites for hydroxylation is 1. The molecule has 1 aromatic carbocycles. The minimum atomic E-state index is -0.891. The zero-order chi connectivity index (χ0) is 19.8. The lowest BCUT2D eigenvalue weighted by Gasteiger charge is -2.18. The molecule has 2 aliphatic rings. The molecule has 2 N–H and O–H groups in total. The van der Waals surface area contributed by atoms with Gasteiger partial charge in [-0.25, -0.2) is 4.79 Å². The number of benzene rings is 1. The van der Waals surface area contributed by atoms with Crippen LogP contribution in [0.3, 0.4) is 0 Å². The molecule has 2 aromatic rings. The number of nitrogens with one attached hydrogen (secondary N) is 1. The van der Waals surface area contributed by atoms with E-state index in [1.807, 2.05) is 31.3 Å². The molecule has 2 heterocycles. The van der Waals surface area contributed by atoms with Crippen molar-refractivity contribution in [1.29, 1.82) is 0 Å². The number of hydrogen-bond acceptors (Lipinski definition) is 4. The van der Waals surface area contributed by atoms with Crippen LogP contribution in [0.25, 0.3) is 10.9 Å². The van der Waals surface area contributed by atoms with E-state index >= 15 is 0 Å². The molecule has 0 amide bonds. The summed E-state index contributed by atoms with van der Waals surface area (Å²) in [6.45, 7) is 1.73. The van der Waals surface area contributed by atoms with Gasteiger partial charge >= 0.3 is 5.97 Å². The van der Waals surface area contributed by atoms with Gasteiger partial charge in [0.1, 0.15) is 5.82 Å². The fourth-order valence-corrected chi connectivity index (χ4v) is 4.14. The van der Waals surface area contributed by atoms with Crippen LogP contribution >= 0.6 is 0 Å². The number of pyridine rings is 1. The van der Waals surface area contributed by atoms with E-state index in [2.05, 4.69) is 41.0 Å². The third kappa shape index (κ3) is 3.14. The summed E-state index contributed by atoms with van der Waals surface area (Å²) in [7, 11) is 6.18. The number of fused-ring (bicyclic) bond motifs is 4. The molecule has 1 aliphatic heterocycles. The summed E-state index contributed by atoms with van der Waals surface area (Å²) in [6.07, 6.45) is 6.48. The minimum absolute atomic E-state index is 0.0329. The highest BCUT2D eigenvalue weighted by Gasteiger charge is 2.35. The Balaban J connectivity index is 1.90. The highest BCUT2D eigenvalue weighted by Crippen LogP contribution is 2.39. The van der Waals surface area contributed by atoms with Crippen molar-refractivity contribution in [3.63, 3.8) is 0 Å². The number of carboxylic acid groups (broad SMARTS) is 1. The van der Waals surface area contributed by atoms with Crippen molar-refractivity contribution in [2.75, 3.05) is 32.5 Å². The van der Waals surface area contributed by atoms with Gasteiger partial charge in [-0.3, -0.25) is 4.99 Å². The van der Waals surface area contributed by atoms with Crippen LogP contribution in [-0.2, 0) is 11.8 Å². The second-order valence-corrected chi connectivity index (χ2v) is 7.71. The van der Waals surface area contributed by atoms with Crippen LogP contribution in [0.4, 0.5) is 5.82 Å². The zero-order valence-corrected chi connectivity index (χ0v) is 16.5. The number of nitrogens with zero attached hydrogens (tertiary/aromatic N) is 3. The van der Waals surface area contributed by atoms with Crippen molar-refractivity contribution in [1.82, 2.24) is 9.47 Å². The highest BCUT2D eigenvalue weighted by atomic mass is 16.4. The molecule has 0 radical (unpaired) electrons. The number of aromatic nitrogens is 1. The predicted octanol–water partition coefficient (Wildman–Crippen LogP) is 2.49. The Labute approximate surface area is 164 Å². The lowest BCUT2D eigenvalue weighted by Crippen LogP contribution is -2.23. The molecule has 146 valence electrons. The summed E-state index contributed by atoms with van der Waals surface area (Å²) in [6, 6.07) is 8.33. The third-order valence-corrected chi connectivity index (χ3v) is 5.51. The van der Waals surface area contributed by atoms with Gasteiger partial charge in [-0.15, -0.1) is 0 Å². The molecule has 0 saturated heterocycles. The van der Waals surface area contributed by atoms with Crippen LogP contribution < -0.4 is 10.7 Å². The average molecular weight is 378 g/mol. The molecular weight excluding hydrogens is 352 g/mol. The largest absolute Gasteiger partial charge is 0.478 e. The zero-order valence-electron chi connectivity index (χ0n) is 16.5. The molecule has 1 aromatic heterocycles. The molecule has 4 rings (SSSR count). The van der Waals surface area contributed by atoms with Gasteiger partial charge in [0.25, 0.3) is 0 Å². The second kappa shape index (κ2) is 7.28. The van der Waals surface area contributed by atoms with Gasteiger partial charge in [0.05, 0.1) is 22.5 Å². The molecule has 6 nitrogen and oxygen atoms in total. The van der Waals surface area contributed by atoms with E-state index in [9.17, 15) is 9.90 Å². The molecule has 0 saturated carbocycles. The van der Waals surface area contributed by atoms with Gasteiger partial charge in [-0.2, -0.15) is 0 Å². The van der Waals surface area contributed by atoms with Crippen molar-refractivity contribution in [3.05, 3.63) is 59.0 Å². The van der Waals surface area contributed by atoms with E-state index in [1.165, 1.54) is 0 Å². The van der Waals surface area contributed by atoms with E-state index in [4.69, 9.17) is 4.99 Å². The van der Waals surface area contributed by atoms with Crippen molar-refractivity contribution in [2.45, 2.75) is 18.4 Å². The summed E-state index contributed by atoms with van der Waals surface area (Å²) < 4.78 is 2.16. The van der Waals surface area contributed by atoms with Crippen molar-refractivity contribution < 1.29 is 9.90 Å². The van der Waals surface area contributed by atoms with E-state index in [0.717, 1.165) is 47.2 Å². The monoisotopic (exact) mass is 378 g/mol. The molecule has 2 unspecified atom stereocenters. The average Bonchev–Trinajstić information content (AvgIpc) is 3.06. The summed E-state index contributed by atoms with van der Waals surface area (Å²) in [5.74, 6) is 0.0971. The Kier molecular flexibility index (Phi) is 4.81. The second-order valence-electron chi connectivity index (χ2n) is 7.71. The summed E-state index contributed by atoms with van der Waals surface area (Å²) in [5, 5.41) is 15.1. The van der Waals surface area contributed by atoms with Crippen LogP contribution in [0.1, 0.15) is 17.9 Å². The maximum Gasteiger partial charge on any atom is 0.335 e. The molecule has 2 atom stereocenters. The quantitative estimate of drug-likeness (QED) is 0.785. The van der Waals surface area contributed by atoms with Crippen LogP contribution in [-0.4, -0.2) is 53.8 Å². The van der Waals surface area contributed by atoms with Gasteiger partial charge in [-0.05, 0) is 39.2 Å². The highest BCUT2D eigenvalue weighted by molar-refractivity contribution is 5.91. The number of carbonyl (C=O) groups is 1. The number of hydrogen-bond donors (Lipinski definition) is 2. The van der Waals surface area contributed by atoms with Gasteiger partial charge in [0, 0.05) is 30.5 Å². The van der Waals surface area contributed by atoms with Crippen LogP contribution in [0.15, 0.2) is 53.1 Å². The van der Waals surface area contributed by atoms with Gasteiger partial charge in [0.2, 0.25) is 0 Å². The normalized spacial score (nSPS) is 20.9.